The molecule has 0 amide bonds. The highest BCUT2D eigenvalue weighted by Gasteiger charge is 1.91. The van der Waals surface area contributed by atoms with Gasteiger partial charge in [0.15, 0.2) is 0 Å². The van der Waals surface area contributed by atoms with Crippen LogP contribution in [0.5, 0.6) is 0 Å². The third kappa shape index (κ3) is 4.59. The quantitative estimate of drug-likeness (QED) is 0.621. The van der Waals surface area contributed by atoms with Gasteiger partial charge in [-0.2, -0.15) is 0 Å². The summed E-state index contributed by atoms with van der Waals surface area (Å²) in [7, 11) is 0. The third-order valence-corrected chi connectivity index (χ3v) is 1.53. The van der Waals surface area contributed by atoms with E-state index in [0.717, 1.165) is 12.1 Å². The maximum absolute atomic E-state index is 5.71. The van der Waals surface area contributed by atoms with Crippen LogP contribution in [-0.2, 0) is 0 Å². The van der Waals surface area contributed by atoms with Crippen LogP contribution in [0, 0.1) is 0 Å². The number of nitrogens with two attached hydrogens (primary N) is 1. The molecule has 0 unspecified atom stereocenters. The van der Waals surface area contributed by atoms with Gasteiger partial charge in [-0.15, -0.1) is 0 Å². The monoisotopic (exact) mass is 154 g/mol. The maximum Gasteiger partial charge on any atom is 0.0484 e. The average Bonchev–Trinajstić information content (AvgIpc) is 1.98. The molecule has 2 N–H and O–H groups in total. The largest absolute Gasteiger partial charge is 0.398 e. The second kappa shape index (κ2) is 4.94. The Labute approximate surface area is 69.2 Å². The van der Waals surface area contributed by atoms with E-state index in [2.05, 4.69) is 11.9 Å². The minimum Gasteiger partial charge on any atom is -0.398 e. The molecule has 0 fully saturated rings. The van der Waals surface area contributed by atoms with Crippen molar-refractivity contribution in [2.75, 3.05) is 0 Å². The lowest BCUT2D eigenvalue weighted by Gasteiger charge is -1.99. The molecule has 0 saturated carbocycles. The van der Waals surface area contributed by atoms with E-state index in [9.17, 15) is 0 Å². The summed E-state index contributed by atoms with van der Waals surface area (Å²) in [6.45, 7) is 8.18. The van der Waals surface area contributed by atoms with Gasteiger partial charge in [0.1, 0.15) is 0 Å². The molecule has 0 aliphatic rings. The van der Waals surface area contributed by atoms with E-state index in [1.54, 1.807) is 6.21 Å². The SMILES string of the molecule is CCC(C)=C(N)C=NC(C)C. The predicted octanol–water partition coefficient (Wildman–Crippen LogP) is 2.11. The summed E-state index contributed by atoms with van der Waals surface area (Å²) in [4.78, 5) is 4.19. The Bertz CT molecular complexity index is 166. The van der Waals surface area contributed by atoms with Crippen molar-refractivity contribution in [3.05, 3.63) is 11.3 Å². The molecule has 0 bridgehead atoms. The summed E-state index contributed by atoms with van der Waals surface area (Å²) in [5, 5.41) is 0. The van der Waals surface area contributed by atoms with E-state index < -0.39 is 0 Å². The summed E-state index contributed by atoms with van der Waals surface area (Å²) >= 11 is 0. The second-order valence-electron chi connectivity index (χ2n) is 2.96. The van der Waals surface area contributed by atoms with Gasteiger partial charge in [0, 0.05) is 18.0 Å². The van der Waals surface area contributed by atoms with Crippen molar-refractivity contribution in [2.24, 2.45) is 10.7 Å². The molecule has 0 aromatic heterocycles. The summed E-state index contributed by atoms with van der Waals surface area (Å²) in [5.74, 6) is 0. The van der Waals surface area contributed by atoms with Gasteiger partial charge in [-0.1, -0.05) is 6.92 Å². The van der Waals surface area contributed by atoms with Gasteiger partial charge >= 0.3 is 0 Å². The summed E-state index contributed by atoms with van der Waals surface area (Å²) < 4.78 is 0. The van der Waals surface area contributed by atoms with Crippen LogP contribution >= 0.6 is 0 Å². The fraction of sp³-hybridized carbons (Fsp3) is 0.667. The molecule has 2 heteroatoms. The first-order chi connectivity index (χ1) is 5.07. The molecule has 0 aliphatic heterocycles. The molecule has 64 valence electrons. The Kier molecular flexibility index (Phi) is 4.59. The van der Waals surface area contributed by atoms with Crippen LogP contribution < -0.4 is 5.73 Å². The average molecular weight is 154 g/mol. The van der Waals surface area contributed by atoms with Gasteiger partial charge in [0.05, 0.1) is 0 Å². The molecule has 11 heavy (non-hydrogen) atoms. The van der Waals surface area contributed by atoms with Crippen LogP contribution in [0.15, 0.2) is 16.3 Å². The van der Waals surface area contributed by atoms with Crippen molar-refractivity contribution in [1.82, 2.24) is 0 Å². The predicted molar refractivity (Wildman–Crippen MR) is 50.8 cm³/mol. The molecule has 0 aromatic carbocycles. The zero-order valence-corrected chi connectivity index (χ0v) is 7.89. The van der Waals surface area contributed by atoms with Crippen molar-refractivity contribution >= 4 is 6.21 Å². The lowest BCUT2D eigenvalue weighted by atomic mass is 10.2. The first-order valence-corrected chi connectivity index (χ1v) is 4.06. The molecule has 0 radical (unpaired) electrons. The standard InChI is InChI=1S/C9H18N2/c1-5-8(4)9(10)6-11-7(2)3/h6-7H,5,10H2,1-4H3. The Balaban J connectivity index is 4.15. The van der Waals surface area contributed by atoms with E-state index in [1.165, 1.54) is 5.57 Å². The van der Waals surface area contributed by atoms with Crippen LogP contribution in [0.2, 0.25) is 0 Å². The summed E-state index contributed by atoms with van der Waals surface area (Å²) in [6.07, 6.45) is 2.75. The van der Waals surface area contributed by atoms with E-state index in [1.807, 2.05) is 20.8 Å². The number of hydrogen-bond acceptors (Lipinski definition) is 2. The normalized spacial score (nSPS) is 14.3. The smallest absolute Gasteiger partial charge is 0.0484 e. The highest BCUT2D eigenvalue weighted by atomic mass is 14.8. The van der Waals surface area contributed by atoms with Crippen LogP contribution in [0.3, 0.4) is 0 Å². The summed E-state index contributed by atoms with van der Waals surface area (Å²) in [5.41, 5.74) is 7.72. The van der Waals surface area contributed by atoms with Gasteiger partial charge in [-0.3, -0.25) is 4.99 Å². The highest BCUT2D eigenvalue weighted by molar-refractivity contribution is 5.78. The fourth-order valence-corrected chi connectivity index (χ4v) is 0.544. The second-order valence-corrected chi connectivity index (χ2v) is 2.96. The minimum atomic E-state index is 0.332. The topological polar surface area (TPSA) is 38.4 Å². The van der Waals surface area contributed by atoms with Crippen LogP contribution in [0.25, 0.3) is 0 Å². The van der Waals surface area contributed by atoms with E-state index >= 15 is 0 Å². The molecule has 0 aromatic rings. The number of allylic oxidation sites excluding steroid dienone is 2. The molecule has 0 saturated heterocycles. The Morgan fingerprint density at radius 2 is 2.09 bits per heavy atom. The van der Waals surface area contributed by atoms with Crippen LogP contribution in [-0.4, -0.2) is 12.3 Å². The molecular formula is C9H18N2. The number of nitrogens with zero attached hydrogens (tertiary/aromatic N) is 1. The van der Waals surface area contributed by atoms with E-state index in [4.69, 9.17) is 5.73 Å². The molecular weight excluding hydrogens is 136 g/mol. The summed E-state index contributed by atoms with van der Waals surface area (Å²) in [6, 6.07) is 0.332. The molecule has 0 atom stereocenters. The van der Waals surface area contributed by atoms with Crippen molar-refractivity contribution in [1.29, 1.82) is 0 Å². The van der Waals surface area contributed by atoms with Gasteiger partial charge < -0.3 is 5.73 Å². The minimum absolute atomic E-state index is 0.332. The first kappa shape index (κ1) is 10.2. The van der Waals surface area contributed by atoms with Crippen molar-refractivity contribution in [3.63, 3.8) is 0 Å². The zero-order chi connectivity index (χ0) is 8.85. The van der Waals surface area contributed by atoms with Gasteiger partial charge in [0.25, 0.3) is 0 Å². The number of rotatable bonds is 3. The fourth-order valence-electron chi connectivity index (χ4n) is 0.544. The zero-order valence-electron chi connectivity index (χ0n) is 7.89. The number of aliphatic imine (C=N–C) groups is 1. The van der Waals surface area contributed by atoms with Gasteiger partial charge in [0.2, 0.25) is 0 Å². The lowest BCUT2D eigenvalue weighted by Crippen LogP contribution is -2.03. The Morgan fingerprint density at radius 1 is 1.55 bits per heavy atom. The Morgan fingerprint density at radius 3 is 2.45 bits per heavy atom. The van der Waals surface area contributed by atoms with E-state index in [0.29, 0.717) is 6.04 Å². The van der Waals surface area contributed by atoms with E-state index in [-0.39, 0.29) is 0 Å². The van der Waals surface area contributed by atoms with Crippen LogP contribution in [0.4, 0.5) is 0 Å². The highest BCUT2D eigenvalue weighted by Crippen LogP contribution is 2.00. The van der Waals surface area contributed by atoms with Crippen molar-refractivity contribution in [2.45, 2.75) is 40.2 Å². The lowest BCUT2D eigenvalue weighted by molar-refractivity contribution is 0.840. The molecule has 0 spiro atoms. The van der Waals surface area contributed by atoms with Crippen molar-refractivity contribution in [3.8, 4) is 0 Å². The van der Waals surface area contributed by atoms with Gasteiger partial charge in [-0.05, 0) is 32.8 Å². The molecule has 0 heterocycles. The number of hydrogen-bond donors (Lipinski definition) is 1. The van der Waals surface area contributed by atoms with Crippen LogP contribution in [0.1, 0.15) is 34.1 Å². The maximum atomic E-state index is 5.71. The third-order valence-electron chi connectivity index (χ3n) is 1.53. The van der Waals surface area contributed by atoms with Gasteiger partial charge in [-0.25, -0.2) is 0 Å². The van der Waals surface area contributed by atoms with Crippen molar-refractivity contribution < 1.29 is 0 Å². The first-order valence-electron chi connectivity index (χ1n) is 4.06. The molecule has 2 nitrogen and oxygen atoms in total. The molecule has 0 rings (SSSR count). The molecule has 0 aliphatic carbocycles. The Hall–Kier alpha value is -0.790.